The predicted octanol–water partition coefficient (Wildman–Crippen LogP) is 9.24. The summed E-state index contributed by atoms with van der Waals surface area (Å²) in [7, 11) is 0. The fraction of sp³-hybridized carbons (Fsp3) is 0.923. The van der Waals surface area contributed by atoms with E-state index in [0.29, 0.717) is 17.8 Å². The minimum atomic E-state index is -4.34. The molecule has 206 valence electrons. The van der Waals surface area contributed by atoms with Gasteiger partial charge in [-0.3, -0.25) is 0 Å². The lowest BCUT2D eigenvalue weighted by molar-refractivity contribution is -0.267. The van der Waals surface area contributed by atoms with Gasteiger partial charge >= 0.3 is 12.4 Å². The molecule has 2 nitrogen and oxygen atoms in total. The molecule has 0 aliphatic carbocycles. The van der Waals surface area contributed by atoms with Gasteiger partial charge in [0.2, 0.25) is 0 Å². The zero-order valence-corrected chi connectivity index (χ0v) is 23.2. The maximum atomic E-state index is 12.6. The van der Waals surface area contributed by atoms with Crippen LogP contribution < -0.4 is 0 Å². The minimum Gasteiger partial charge on any atom is -0.366 e. The Balaban J connectivity index is 0. The lowest BCUT2D eigenvalue weighted by Crippen LogP contribution is -2.43. The van der Waals surface area contributed by atoms with Crippen molar-refractivity contribution in [2.45, 2.75) is 113 Å². The van der Waals surface area contributed by atoms with E-state index in [4.69, 9.17) is 9.47 Å². The van der Waals surface area contributed by atoms with Gasteiger partial charge in [-0.25, -0.2) is 0 Å². The van der Waals surface area contributed by atoms with Gasteiger partial charge in [0.1, 0.15) is 0 Å². The highest BCUT2D eigenvalue weighted by molar-refractivity contribution is 5.07. The van der Waals surface area contributed by atoms with Crippen molar-refractivity contribution in [3.63, 3.8) is 0 Å². The molecule has 0 aliphatic rings. The third-order valence-corrected chi connectivity index (χ3v) is 5.63. The van der Waals surface area contributed by atoms with Gasteiger partial charge in [0, 0.05) is 0 Å². The zero-order valence-electron chi connectivity index (χ0n) is 23.2. The van der Waals surface area contributed by atoms with Gasteiger partial charge in [-0.2, -0.15) is 26.3 Å². The van der Waals surface area contributed by atoms with Gasteiger partial charge in [-0.15, -0.1) is 0 Å². The molecule has 0 aromatic carbocycles. The van der Waals surface area contributed by atoms with Crippen molar-refractivity contribution < 1.29 is 35.8 Å². The SMILES string of the molecule is CC(C)/C=C(\COC(C)(C)C(F)(F)F)C(C)C.CC(C)CC(COC(C)(C)C(F)(F)F)C(C)C. The van der Waals surface area contributed by atoms with Crippen LogP contribution in [0.15, 0.2) is 11.6 Å². The number of hydrogen-bond acceptors (Lipinski definition) is 2. The molecule has 0 saturated carbocycles. The first-order valence-electron chi connectivity index (χ1n) is 12.1. The highest BCUT2D eigenvalue weighted by Gasteiger charge is 2.49. The number of allylic oxidation sites excluding steroid dienone is 1. The number of hydrogen-bond donors (Lipinski definition) is 0. The van der Waals surface area contributed by atoms with E-state index in [1.165, 1.54) is 0 Å². The van der Waals surface area contributed by atoms with Gasteiger partial charge in [0.15, 0.2) is 11.2 Å². The summed E-state index contributed by atoms with van der Waals surface area (Å²) in [6.45, 7) is 20.6. The topological polar surface area (TPSA) is 18.5 Å². The van der Waals surface area contributed by atoms with Crippen LogP contribution in [0.3, 0.4) is 0 Å². The van der Waals surface area contributed by atoms with Gasteiger partial charge < -0.3 is 9.47 Å². The molecule has 0 saturated heterocycles. The van der Waals surface area contributed by atoms with Gasteiger partial charge in [-0.1, -0.05) is 61.5 Å². The van der Waals surface area contributed by atoms with E-state index in [0.717, 1.165) is 39.7 Å². The van der Waals surface area contributed by atoms with Crippen LogP contribution in [0, 0.1) is 29.6 Å². The molecular formula is C26H48F6O2. The molecule has 0 spiro atoms. The predicted molar refractivity (Wildman–Crippen MR) is 128 cm³/mol. The van der Waals surface area contributed by atoms with E-state index in [1.807, 2.05) is 47.6 Å². The molecule has 8 heteroatoms. The third kappa shape index (κ3) is 14.0. The summed E-state index contributed by atoms with van der Waals surface area (Å²) in [6, 6.07) is 0. The Hall–Kier alpha value is -0.760. The van der Waals surface area contributed by atoms with E-state index in [9.17, 15) is 26.3 Å². The average Bonchev–Trinajstić information content (AvgIpc) is 2.59. The van der Waals surface area contributed by atoms with E-state index in [2.05, 4.69) is 13.8 Å². The van der Waals surface area contributed by atoms with Gasteiger partial charge in [0.25, 0.3) is 0 Å². The van der Waals surface area contributed by atoms with Crippen molar-refractivity contribution in [3.05, 3.63) is 11.6 Å². The highest BCUT2D eigenvalue weighted by Crippen LogP contribution is 2.35. The van der Waals surface area contributed by atoms with Crippen molar-refractivity contribution in [1.82, 2.24) is 0 Å². The minimum absolute atomic E-state index is 0.0301. The summed E-state index contributed by atoms with van der Waals surface area (Å²) in [5.74, 6) is 1.49. The maximum Gasteiger partial charge on any atom is 0.416 e. The fourth-order valence-corrected chi connectivity index (χ4v) is 2.72. The summed E-state index contributed by atoms with van der Waals surface area (Å²) in [5, 5.41) is 0. The van der Waals surface area contributed by atoms with Crippen molar-refractivity contribution in [2.24, 2.45) is 29.6 Å². The molecule has 1 atom stereocenters. The normalized spacial score (nSPS) is 15.3. The lowest BCUT2D eigenvalue weighted by Gasteiger charge is -2.31. The second-order valence-corrected chi connectivity index (χ2v) is 11.4. The van der Waals surface area contributed by atoms with E-state index in [-0.39, 0.29) is 25.0 Å². The van der Waals surface area contributed by atoms with Crippen LogP contribution in [0.5, 0.6) is 0 Å². The smallest absolute Gasteiger partial charge is 0.366 e. The number of ether oxygens (including phenoxy) is 2. The molecular weight excluding hydrogens is 458 g/mol. The summed E-state index contributed by atoms with van der Waals surface area (Å²) >= 11 is 0. The molecule has 0 fully saturated rings. The zero-order chi connectivity index (χ0) is 27.7. The first kappa shape index (κ1) is 35.4. The van der Waals surface area contributed by atoms with Crippen LogP contribution in [0.4, 0.5) is 26.3 Å². The Morgan fingerprint density at radius 2 is 1.12 bits per heavy atom. The second-order valence-electron chi connectivity index (χ2n) is 11.4. The van der Waals surface area contributed by atoms with E-state index >= 15 is 0 Å². The number of rotatable bonds is 11. The van der Waals surface area contributed by atoms with Gasteiger partial charge in [0.05, 0.1) is 13.2 Å². The van der Waals surface area contributed by atoms with Crippen LogP contribution in [0.2, 0.25) is 0 Å². The van der Waals surface area contributed by atoms with Crippen LogP contribution in [-0.4, -0.2) is 36.8 Å². The lowest BCUT2D eigenvalue weighted by atomic mass is 9.88. The number of alkyl halides is 6. The standard InChI is InChI=1S/C13H25F3O.C13H23F3O/c2*1-9(2)7-11(10(3)4)8-17-12(5,6)13(14,15)16/h9-11H,7-8H2,1-6H3;7,9-10H,8H2,1-6H3/b;11-7+. The summed E-state index contributed by atoms with van der Waals surface area (Å²) in [6.07, 6.45) is -5.79. The van der Waals surface area contributed by atoms with E-state index in [1.54, 1.807) is 0 Å². The largest absolute Gasteiger partial charge is 0.416 e. The first-order valence-corrected chi connectivity index (χ1v) is 12.1. The average molecular weight is 507 g/mol. The first-order chi connectivity index (χ1) is 14.9. The van der Waals surface area contributed by atoms with Crippen molar-refractivity contribution >= 4 is 0 Å². The monoisotopic (exact) mass is 506 g/mol. The molecule has 0 bridgehead atoms. The second kappa shape index (κ2) is 14.1. The van der Waals surface area contributed by atoms with Gasteiger partial charge in [-0.05, 0) is 69.3 Å². The molecule has 0 aliphatic heterocycles. The Kier molecular flexibility index (Phi) is 14.7. The van der Waals surface area contributed by atoms with E-state index < -0.39 is 23.6 Å². The summed E-state index contributed by atoms with van der Waals surface area (Å²) in [4.78, 5) is 0. The molecule has 34 heavy (non-hydrogen) atoms. The summed E-state index contributed by atoms with van der Waals surface area (Å²) in [5.41, 5.74) is -3.24. The van der Waals surface area contributed by atoms with Crippen LogP contribution >= 0.6 is 0 Å². The molecule has 0 rings (SSSR count). The molecule has 0 aromatic rings. The molecule has 0 N–H and O–H groups in total. The van der Waals surface area contributed by atoms with Crippen molar-refractivity contribution in [3.8, 4) is 0 Å². The maximum absolute atomic E-state index is 12.6. The molecule has 0 radical (unpaired) electrons. The quantitative estimate of drug-likeness (QED) is 0.205. The number of halogens is 6. The molecule has 0 heterocycles. The van der Waals surface area contributed by atoms with Crippen LogP contribution in [0.25, 0.3) is 0 Å². The Morgan fingerprint density at radius 1 is 0.706 bits per heavy atom. The Labute approximate surface area is 203 Å². The Morgan fingerprint density at radius 3 is 1.41 bits per heavy atom. The van der Waals surface area contributed by atoms with Crippen molar-refractivity contribution in [2.75, 3.05) is 13.2 Å². The fourth-order valence-electron chi connectivity index (χ4n) is 2.72. The van der Waals surface area contributed by atoms with Crippen LogP contribution in [-0.2, 0) is 9.47 Å². The molecule has 1 unspecified atom stereocenters. The summed E-state index contributed by atoms with van der Waals surface area (Å²) < 4.78 is 85.8. The van der Waals surface area contributed by atoms with Crippen LogP contribution in [0.1, 0.15) is 89.5 Å². The Bertz CT molecular complexity index is 585. The molecule has 0 amide bonds. The van der Waals surface area contributed by atoms with Crippen molar-refractivity contribution in [1.29, 1.82) is 0 Å². The third-order valence-electron chi connectivity index (χ3n) is 5.63. The molecule has 0 aromatic heterocycles. The highest BCUT2D eigenvalue weighted by atomic mass is 19.4.